The maximum Gasteiger partial charge on any atom is 0.135 e. The summed E-state index contributed by atoms with van der Waals surface area (Å²) in [7, 11) is 0. The summed E-state index contributed by atoms with van der Waals surface area (Å²) in [6, 6.07) is 22.9. The van der Waals surface area contributed by atoms with Crippen LogP contribution in [0.3, 0.4) is 0 Å². The molecule has 3 aromatic heterocycles. The minimum absolute atomic E-state index is 0. The summed E-state index contributed by atoms with van der Waals surface area (Å²) < 4.78 is 61.4. The number of hydrogen-bond acceptors (Lipinski definition) is 4. The maximum atomic E-state index is 8.98. The average molecular weight is 704 g/mol. The SMILES string of the molecule is [2H]c1c(Oc2[c-]c(N3[CH-]n4ccnc4-c4ccccc43)ccc2)[c-]c2c(c1[2H])c1c([2H])c([2H])c([2H])c([2H])c1n2-c1ccccn1.[Pt]. The molecule has 7 heteroatoms. The monoisotopic (exact) mass is 703 g/mol. The Kier molecular flexibility index (Phi) is 4.50. The van der Waals surface area contributed by atoms with E-state index in [1.165, 1.54) is 4.57 Å². The fraction of sp³-hybridized carbons (Fsp3) is 0. The van der Waals surface area contributed by atoms with Gasteiger partial charge in [-0.2, -0.15) is 12.1 Å². The molecule has 0 saturated carbocycles. The summed E-state index contributed by atoms with van der Waals surface area (Å²) in [5.41, 5.74) is 2.92. The van der Waals surface area contributed by atoms with Crippen LogP contribution in [0.15, 0.2) is 116 Å². The van der Waals surface area contributed by atoms with Crippen LogP contribution in [0, 0.1) is 18.8 Å². The largest absolute Gasteiger partial charge is 0.509 e. The molecule has 0 spiro atoms. The first-order valence-electron chi connectivity index (χ1n) is 15.2. The molecule has 4 heterocycles. The van der Waals surface area contributed by atoms with Crippen LogP contribution in [-0.4, -0.2) is 19.1 Å². The van der Waals surface area contributed by atoms with Gasteiger partial charge in [0.2, 0.25) is 0 Å². The molecule has 0 bridgehead atoms. The zero-order valence-corrected chi connectivity index (χ0v) is 22.8. The van der Waals surface area contributed by atoms with Crippen LogP contribution >= 0.6 is 0 Å². The van der Waals surface area contributed by atoms with E-state index in [0.29, 0.717) is 11.5 Å². The van der Waals surface area contributed by atoms with Gasteiger partial charge in [0.05, 0.1) is 5.48 Å². The van der Waals surface area contributed by atoms with E-state index < -0.39 is 12.1 Å². The number of ether oxygens (including phenoxy) is 1. The van der Waals surface area contributed by atoms with Crippen LogP contribution in [0.4, 0.5) is 11.4 Å². The average Bonchev–Trinajstić information content (AvgIpc) is 3.68. The summed E-state index contributed by atoms with van der Waals surface area (Å²) in [6.07, 6.45) is 5.17. The molecule has 6 nitrogen and oxygen atoms in total. The number of fused-ring (bicyclic) bond motifs is 6. The van der Waals surface area contributed by atoms with Crippen molar-refractivity contribution in [3.8, 4) is 28.7 Å². The van der Waals surface area contributed by atoms with Gasteiger partial charge in [0.1, 0.15) is 5.82 Å². The molecule has 0 saturated heterocycles. The molecular formula is C33H20N5OPt-3. The molecule has 1 aliphatic heterocycles. The van der Waals surface area contributed by atoms with E-state index in [4.69, 9.17) is 13.0 Å². The number of nitrogens with zero attached hydrogens (tertiary/aromatic N) is 5. The zero-order valence-electron chi connectivity index (χ0n) is 26.5. The standard InChI is InChI=1S/C33H20N5O.Pt/c1-4-13-30-26(10-1)27-16-15-25(21-31(27)38(30)32-14-5-6-17-34-32)39-24-9-7-8-23(20-24)37-22-36-19-18-35-33(36)28-11-2-3-12-29(28)37;/h1-19,22H;/q-3;/i1D,4D,10D,13D,15D,16D;. The third-order valence-corrected chi connectivity index (χ3v) is 6.55. The second-order valence-electron chi connectivity index (χ2n) is 8.84. The molecule has 40 heavy (non-hydrogen) atoms. The first kappa shape index (κ1) is 18.5. The fourth-order valence-electron chi connectivity index (χ4n) is 4.87. The smallest absolute Gasteiger partial charge is 0.135 e. The Morgan fingerprint density at radius 3 is 2.62 bits per heavy atom. The Hall–Kier alpha value is -4.80. The molecule has 0 radical (unpaired) electrons. The molecule has 0 unspecified atom stereocenters. The third-order valence-electron chi connectivity index (χ3n) is 6.55. The molecule has 0 atom stereocenters. The van der Waals surface area contributed by atoms with Crippen molar-refractivity contribution in [2.75, 3.05) is 4.90 Å². The quantitative estimate of drug-likeness (QED) is 0.178. The van der Waals surface area contributed by atoms with Gasteiger partial charge in [-0.05, 0) is 49.4 Å². The van der Waals surface area contributed by atoms with Gasteiger partial charge in [-0.25, -0.2) is 4.98 Å². The number of rotatable bonds is 4. The number of benzene rings is 4. The predicted molar refractivity (Wildman–Crippen MR) is 152 cm³/mol. The Morgan fingerprint density at radius 1 is 0.800 bits per heavy atom. The van der Waals surface area contributed by atoms with Crippen molar-refractivity contribution in [1.29, 1.82) is 0 Å². The summed E-state index contributed by atoms with van der Waals surface area (Å²) >= 11 is 0. The van der Waals surface area contributed by atoms with Crippen molar-refractivity contribution in [2.45, 2.75) is 0 Å². The van der Waals surface area contributed by atoms with Crippen LogP contribution in [0.1, 0.15) is 8.22 Å². The van der Waals surface area contributed by atoms with E-state index in [1.54, 1.807) is 42.7 Å². The van der Waals surface area contributed by atoms with Crippen LogP contribution in [0.5, 0.6) is 11.5 Å². The van der Waals surface area contributed by atoms with Crippen molar-refractivity contribution >= 4 is 33.2 Å². The normalized spacial score (nSPS) is 14.1. The van der Waals surface area contributed by atoms with Crippen LogP contribution in [0.25, 0.3) is 39.0 Å². The first-order chi connectivity index (χ1) is 21.8. The molecule has 196 valence electrons. The molecule has 1 aliphatic rings. The molecule has 4 aromatic carbocycles. The number of pyridine rings is 1. The summed E-state index contributed by atoms with van der Waals surface area (Å²) in [4.78, 5) is 10.9. The number of hydrogen-bond donors (Lipinski definition) is 0. The van der Waals surface area contributed by atoms with Crippen LogP contribution in [0.2, 0.25) is 0 Å². The van der Waals surface area contributed by atoms with E-state index in [1.807, 2.05) is 52.7 Å². The van der Waals surface area contributed by atoms with Crippen molar-refractivity contribution in [2.24, 2.45) is 0 Å². The van der Waals surface area contributed by atoms with E-state index in [0.717, 1.165) is 17.1 Å². The van der Waals surface area contributed by atoms with Crippen molar-refractivity contribution in [1.82, 2.24) is 19.1 Å². The van der Waals surface area contributed by atoms with Gasteiger partial charge in [-0.3, -0.25) is 0 Å². The number of imidazole rings is 1. The molecular weight excluding hydrogens is 677 g/mol. The molecule has 0 amide bonds. The van der Waals surface area contributed by atoms with E-state index >= 15 is 0 Å². The summed E-state index contributed by atoms with van der Waals surface area (Å²) in [5, 5.41) is 0.281. The van der Waals surface area contributed by atoms with Crippen LogP contribution < -0.4 is 9.64 Å². The van der Waals surface area contributed by atoms with Gasteiger partial charge < -0.3 is 23.8 Å². The summed E-state index contributed by atoms with van der Waals surface area (Å²) in [6.45, 7) is 1.90. The van der Waals surface area contributed by atoms with E-state index in [-0.39, 0.29) is 78.5 Å². The molecule has 0 fully saturated rings. The Labute approximate surface area is 253 Å². The topological polar surface area (TPSA) is 48.1 Å². The first-order valence-corrected chi connectivity index (χ1v) is 12.2. The minimum Gasteiger partial charge on any atom is -0.509 e. The van der Waals surface area contributed by atoms with Crippen molar-refractivity contribution in [3.05, 3.63) is 134 Å². The van der Waals surface area contributed by atoms with Crippen molar-refractivity contribution in [3.63, 3.8) is 0 Å². The van der Waals surface area contributed by atoms with Gasteiger partial charge in [0.25, 0.3) is 0 Å². The van der Waals surface area contributed by atoms with Gasteiger partial charge in [-0.15, -0.1) is 35.7 Å². The summed E-state index contributed by atoms with van der Waals surface area (Å²) in [5.74, 6) is 1.41. The minimum atomic E-state index is -0.427. The van der Waals surface area contributed by atoms with E-state index in [9.17, 15) is 0 Å². The number of anilines is 2. The van der Waals surface area contributed by atoms with Gasteiger partial charge >= 0.3 is 0 Å². The molecule has 7 aromatic rings. The van der Waals surface area contributed by atoms with E-state index in [2.05, 4.69) is 22.1 Å². The van der Waals surface area contributed by atoms with Gasteiger partial charge in [0.15, 0.2) is 0 Å². The number of para-hydroxylation sites is 2. The Morgan fingerprint density at radius 2 is 1.70 bits per heavy atom. The Bertz CT molecular complexity index is 2320. The Balaban J connectivity index is 0.00000338. The predicted octanol–water partition coefficient (Wildman–Crippen LogP) is 7.55. The maximum absolute atomic E-state index is 8.98. The van der Waals surface area contributed by atoms with Crippen LogP contribution in [-0.2, 0) is 21.1 Å². The molecule has 8 rings (SSSR count). The fourth-order valence-corrected chi connectivity index (χ4v) is 4.87. The second kappa shape index (κ2) is 9.74. The zero-order chi connectivity index (χ0) is 31.0. The van der Waals surface area contributed by atoms with Gasteiger partial charge in [-0.1, -0.05) is 59.8 Å². The molecule has 0 N–H and O–H groups in total. The molecule has 0 aliphatic carbocycles. The third kappa shape index (κ3) is 3.88. The second-order valence-corrected chi connectivity index (χ2v) is 8.84. The van der Waals surface area contributed by atoms with Crippen molar-refractivity contribution < 1.29 is 34.0 Å². The number of aromatic nitrogens is 4. The van der Waals surface area contributed by atoms with Gasteiger partial charge in [0, 0.05) is 57.2 Å².